The molecule has 0 saturated heterocycles. The normalized spacial score (nSPS) is 11.6. The van der Waals surface area contributed by atoms with Crippen LogP contribution in [0.25, 0.3) is 5.57 Å². The summed E-state index contributed by atoms with van der Waals surface area (Å²) < 4.78 is 10.8. The Hall–Kier alpha value is -3.11. The second-order valence-corrected chi connectivity index (χ2v) is 5.73. The highest BCUT2D eigenvalue weighted by Crippen LogP contribution is 2.33. The van der Waals surface area contributed by atoms with Crippen LogP contribution >= 0.6 is 0 Å². The number of carbonyl (C=O) groups is 1. The molecule has 0 saturated carbocycles. The molecule has 1 aromatic heterocycles. The quantitative estimate of drug-likeness (QED) is 0.532. The summed E-state index contributed by atoms with van der Waals surface area (Å²) in [7, 11) is 0. The van der Waals surface area contributed by atoms with Gasteiger partial charge in [0.2, 0.25) is 0 Å². The van der Waals surface area contributed by atoms with Gasteiger partial charge in [-0.15, -0.1) is 0 Å². The summed E-state index contributed by atoms with van der Waals surface area (Å²) in [4.78, 5) is 12.9. The number of nitrogens with two attached hydrogens (primary N) is 1. The molecule has 0 aliphatic rings. The topological polar surface area (TPSA) is 65.5 Å². The van der Waals surface area contributed by atoms with Crippen LogP contribution in [0.4, 0.5) is 0 Å². The molecule has 2 N–H and O–H groups in total. The Morgan fingerprint density at radius 1 is 0.962 bits per heavy atom. The van der Waals surface area contributed by atoms with E-state index in [-0.39, 0.29) is 6.61 Å². The van der Waals surface area contributed by atoms with Crippen LogP contribution in [0.3, 0.4) is 0 Å². The molecule has 4 heteroatoms. The molecule has 4 nitrogen and oxygen atoms in total. The fraction of sp³-hybridized carbons (Fsp3) is 0.136. The SMILES string of the molecule is CCOC(=O)C(=C(c1ccccc1)c1ccccc1)[C@@H](N)c1ccco1. The Morgan fingerprint density at radius 2 is 1.54 bits per heavy atom. The minimum Gasteiger partial charge on any atom is -0.467 e. The minimum absolute atomic E-state index is 0.268. The molecule has 132 valence electrons. The average Bonchev–Trinajstić information content (AvgIpc) is 3.22. The van der Waals surface area contributed by atoms with Crippen molar-refractivity contribution in [2.45, 2.75) is 13.0 Å². The van der Waals surface area contributed by atoms with Gasteiger partial charge in [-0.2, -0.15) is 0 Å². The van der Waals surface area contributed by atoms with Gasteiger partial charge in [0.15, 0.2) is 0 Å². The lowest BCUT2D eigenvalue weighted by Crippen LogP contribution is -2.23. The van der Waals surface area contributed by atoms with E-state index in [9.17, 15) is 4.79 Å². The predicted octanol–water partition coefficient (Wildman–Crippen LogP) is 4.34. The molecule has 1 heterocycles. The van der Waals surface area contributed by atoms with Crippen molar-refractivity contribution < 1.29 is 13.9 Å². The van der Waals surface area contributed by atoms with Crippen LogP contribution in [0.2, 0.25) is 0 Å². The largest absolute Gasteiger partial charge is 0.467 e. The third-order valence-corrected chi connectivity index (χ3v) is 4.05. The predicted molar refractivity (Wildman–Crippen MR) is 101 cm³/mol. The van der Waals surface area contributed by atoms with Gasteiger partial charge in [-0.25, -0.2) is 4.79 Å². The third-order valence-electron chi connectivity index (χ3n) is 4.05. The van der Waals surface area contributed by atoms with Crippen molar-refractivity contribution in [3.63, 3.8) is 0 Å². The molecular formula is C22H21NO3. The lowest BCUT2D eigenvalue weighted by molar-refractivity contribution is -0.138. The molecule has 2 aromatic carbocycles. The zero-order valence-electron chi connectivity index (χ0n) is 14.6. The molecule has 0 spiro atoms. The first-order valence-electron chi connectivity index (χ1n) is 8.53. The summed E-state index contributed by atoms with van der Waals surface area (Å²) in [5, 5.41) is 0. The van der Waals surface area contributed by atoms with Crippen LogP contribution in [0.15, 0.2) is 89.0 Å². The highest BCUT2D eigenvalue weighted by Gasteiger charge is 2.28. The Balaban J connectivity index is 2.27. The highest BCUT2D eigenvalue weighted by atomic mass is 16.5. The van der Waals surface area contributed by atoms with Gasteiger partial charge >= 0.3 is 5.97 Å². The summed E-state index contributed by atoms with van der Waals surface area (Å²) in [5.41, 5.74) is 9.34. The number of carbonyl (C=O) groups excluding carboxylic acids is 1. The first kappa shape index (κ1) is 17.7. The van der Waals surface area contributed by atoms with Crippen LogP contribution in [0.1, 0.15) is 29.9 Å². The van der Waals surface area contributed by atoms with E-state index >= 15 is 0 Å². The first-order chi connectivity index (χ1) is 12.7. The molecule has 1 atom stereocenters. The van der Waals surface area contributed by atoms with E-state index in [1.807, 2.05) is 60.7 Å². The molecule has 26 heavy (non-hydrogen) atoms. The Morgan fingerprint density at radius 3 is 2.00 bits per heavy atom. The van der Waals surface area contributed by atoms with E-state index < -0.39 is 12.0 Å². The molecule has 0 bridgehead atoms. The van der Waals surface area contributed by atoms with Gasteiger partial charge in [-0.1, -0.05) is 60.7 Å². The zero-order chi connectivity index (χ0) is 18.4. The lowest BCUT2D eigenvalue weighted by atomic mass is 9.89. The second-order valence-electron chi connectivity index (χ2n) is 5.73. The van der Waals surface area contributed by atoms with Crippen LogP contribution < -0.4 is 5.73 Å². The Labute approximate surface area is 152 Å². The maximum Gasteiger partial charge on any atom is 0.336 e. The summed E-state index contributed by atoms with van der Waals surface area (Å²) >= 11 is 0. The number of esters is 1. The van der Waals surface area contributed by atoms with E-state index in [2.05, 4.69) is 0 Å². The summed E-state index contributed by atoms with van der Waals surface area (Å²) in [6.45, 7) is 2.04. The van der Waals surface area contributed by atoms with E-state index in [1.54, 1.807) is 25.3 Å². The minimum atomic E-state index is -0.737. The molecule has 0 radical (unpaired) electrons. The Kier molecular flexibility index (Phi) is 5.66. The third kappa shape index (κ3) is 3.76. The molecule has 3 aromatic rings. The smallest absolute Gasteiger partial charge is 0.336 e. The van der Waals surface area contributed by atoms with E-state index in [0.717, 1.165) is 16.7 Å². The van der Waals surface area contributed by atoms with Crippen molar-refractivity contribution in [1.29, 1.82) is 0 Å². The average molecular weight is 347 g/mol. The molecule has 0 fully saturated rings. The van der Waals surface area contributed by atoms with Gasteiger partial charge in [0.05, 0.1) is 24.5 Å². The summed E-state index contributed by atoms with van der Waals surface area (Å²) in [6.07, 6.45) is 1.54. The van der Waals surface area contributed by atoms with Crippen LogP contribution in [-0.2, 0) is 9.53 Å². The lowest BCUT2D eigenvalue weighted by Gasteiger charge is -2.19. The maximum absolute atomic E-state index is 12.9. The number of hydrogen-bond acceptors (Lipinski definition) is 4. The summed E-state index contributed by atoms with van der Waals surface area (Å²) in [5.74, 6) is 0.0662. The summed E-state index contributed by atoms with van der Waals surface area (Å²) in [6, 6.07) is 22.2. The van der Waals surface area contributed by atoms with E-state index in [1.165, 1.54) is 0 Å². The van der Waals surface area contributed by atoms with Crippen molar-refractivity contribution in [3.05, 3.63) is 102 Å². The van der Waals surface area contributed by atoms with Crippen LogP contribution in [0.5, 0.6) is 0 Å². The van der Waals surface area contributed by atoms with Gasteiger partial charge in [0, 0.05) is 5.57 Å². The molecule has 3 rings (SSSR count). The first-order valence-corrected chi connectivity index (χ1v) is 8.53. The molecule has 0 aliphatic heterocycles. The maximum atomic E-state index is 12.9. The van der Waals surface area contributed by atoms with Crippen molar-refractivity contribution in [2.24, 2.45) is 5.73 Å². The molecule has 0 amide bonds. The van der Waals surface area contributed by atoms with Gasteiger partial charge in [-0.05, 0) is 30.2 Å². The van der Waals surface area contributed by atoms with Gasteiger partial charge in [-0.3, -0.25) is 0 Å². The van der Waals surface area contributed by atoms with E-state index in [0.29, 0.717) is 11.3 Å². The number of furan rings is 1. The zero-order valence-corrected chi connectivity index (χ0v) is 14.6. The number of benzene rings is 2. The second kappa shape index (κ2) is 8.32. The van der Waals surface area contributed by atoms with Crippen molar-refractivity contribution >= 4 is 11.5 Å². The standard InChI is InChI=1S/C22H21NO3/c1-2-25-22(24)20(21(23)18-14-9-15-26-18)19(16-10-5-3-6-11-16)17-12-7-4-8-13-17/h3-15,21H,2,23H2,1H3/t21-/m0/s1. The van der Waals surface area contributed by atoms with E-state index in [4.69, 9.17) is 14.9 Å². The number of rotatable bonds is 6. The molecular weight excluding hydrogens is 326 g/mol. The number of hydrogen-bond donors (Lipinski definition) is 1. The highest BCUT2D eigenvalue weighted by molar-refractivity contribution is 6.03. The van der Waals surface area contributed by atoms with Crippen LogP contribution in [0, 0.1) is 0 Å². The molecule has 0 aliphatic carbocycles. The van der Waals surface area contributed by atoms with Gasteiger partial charge in [0.25, 0.3) is 0 Å². The Bertz CT molecular complexity index is 827. The fourth-order valence-electron chi connectivity index (χ4n) is 2.89. The van der Waals surface area contributed by atoms with Crippen molar-refractivity contribution in [3.8, 4) is 0 Å². The van der Waals surface area contributed by atoms with Gasteiger partial charge < -0.3 is 14.9 Å². The fourth-order valence-corrected chi connectivity index (χ4v) is 2.89. The van der Waals surface area contributed by atoms with Crippen molar-refractivity contribution in [2.75, 3.05) is 6.61 Å². The number of ether oxygens (including phenoxy) is 1. The van der Waals surface area contributed by atoms with Gasteiger partial charge in [0.1, 0.15) is 5.76 Å². The van der Waals surface area contributed by atoms with Crippen LogP contribution in [-0.4, -0.2) is 12.6 Å². The molecule has 0 unspecified atom stereocenters. The monoisotopic (exact) mass is 347 g/mol. The van der Waals surface area contributed by atoms with Crippen molar-refractivity contribution in [1.82, 2.24) is 0 Å².